The van der Waals surface area contributed by atoms with Crippen LogP contribution in [0.4, 0.5) is 5.69 Å². The Morgan fingerprint density at radius 1 is 1.00 bits per heavy atom. The van der Waals surface area contributed by atoms with Gasteiger partial charge in [0.1, 0.15) is 5.75 Å². The Bertz CT molecular complexity index is 464. The molecule has 0 radical (unpaired) electrons. The number of phenolic OH excluding ortho intramolecular Hbond substituents is 1. The summed E-state index contributed by atoms with van der Waals surface area (Å²) in [6.07, 6.45) is 1.09. The van der Waals surface area contributed by atoms with Crippen molar-refractivity contribution in [1.82, 2.24) is 0 Å². The SMILES string of the molecule is CC(CCNc1ccc(O)cc1)c1ccccc1. The molecular weight excluding hydrogens is 222 g/mol. The minimum absolute atomic E-state index is 0.304. The van der Waals surface area contributed by atoms with Crippen molar-refractivity contribution in [3.05, 3.63) is 60.2 Å². The fourth-order valence-electron chi connectivity index (χ4n) is 1.96. The van der Waals surface area contributed by atoms with E-state index in [0.29, 0.717) is 11.7 Å². The monoisotopic (exact) mass is 241 g/mol. The van der Waals surface area contributed by atoms with Gasteiger partial charge in [0.25, 0.3) is 0 Å². The number of benzene rings is 2. The zero-order valence-electron chi connectivity index (χ0n) is 10.6. The summed E-state index contributed by atoms with van der Waals surface area (Å²) >= 11 is 0. The quantitative estimate of drug-likeness (QED) is 0.775. The lowest BCUT2D eigenvalue weighted by Gasteiger charge is -2.13. The first-order chi connectivity index (χ1) is 8.75. The van der Waals surface area contributed by atoms with Crippen LogP contribution in [0.2, 0.25) is 0 Å². The van der Waals surface area contributed by atoms with Gasteiger partial charge in [-0.1, -0.05) is 37.3 Å². The fourth-order valence-corrected chi connectivity index (χ4v) is 1.96. The van der Waals surface area contributed by atoms with Gasteiger partial charge in [-0.05, 0) is 42.2 Å². The third kappa shape index (κ3) is 3.52. The average molecular weight is 241 g/mol. The minimum Gasteiger partial charge on any atom is -0.508 e. The van der Waals surface area contributed by atoms with Crippen molar-refractivity contribution in [3.63, 3.8) is 0 Å². The molecule has 2 rings (SSSR count). The predicted octanol–water partition coefficient (Wildman–Crippen LogP) is 4.00. The molecule has 0 spiro atoms. The highest BCUT2D eigenvalue weighted by atomic mass is 16.3. The van der Waals surface area contributed by atoms with Crippen LogP contribution in [-0.4, -0.2) is 11.7 Å². The molecule has 0 aromatic heterocycles. The maximum absolute atomic E-state index is 9.19. The Morgan fingerprint density at radius 3 is 2.33 bits per heavy atom. The standard InChI is InChI=1S/C16H19NO/c1-13(14-5-3-2-4-6-14)11-12-17-15-7-9-16(18)10-8-15/h2-10,13,17-18H,11-12H2,1H3. The van der Waals surface area contributed by atoms with Crippen LogP contribution in [0, 0.1) is 0 Å². The van der Waals surface area contributed by atoms with E-state index in [9.17, 15) is 5.11 Å². The lowest BCUT2D eigenvalue weighted by atomic mass is 9.98. The van der Waals surface area contributed by atoms with Crippen molar-refractivity contribution >= 4 is 5.69 Å². The Kier molecular flexibility index (Phi) is 4.24. The molecule has 1 atom stereocenters. The predicted molar refractivity (Wildman–Crippen MR) is 76.1 cm³/mol. The number of hydrogen-bond acceptors (Lipinski definition) is 2. The first-order valence-electron chi connectivity index (χ1n) is 6.33. The first kappa shape index (κ1) is 12.5. The summed E-state index contributed by atoms with van der Waals surface area (Å²) in [4.78, 5) is 0. The van der Waals surface area contributed by atoms with Crippen LogP contribution in [0.25, 0.3) is 0 Å². The Labute approximate surface area is 108 Å². The molecule has 0 aliphatic carbocycles. The van der Waals surface area contributed by atoms with E-state index in [1.807, 2.05) is 18.2 Å². The van der Waals surface area contributed by atoms with Crippen LogP contribution in [0.1, 0.15) is 24.8 Å². The number of nitrogens with one attached hydrogen (secondary N) is 1. The first-order valence-corrected chi connectivity index (χ1v) is 6.33. The molecule has 2 nitrogen and oxygen atoms in total. The largest absolute Gasteiger partial charge is 0.508 e. The molecule has 0 saturated carbocycles. The molecule has 0 saturated heterocycles. The van der Waals surface area contributed by atoms with E-state index >= 15 is 0 Å². The van der Waals surface area contributed by atoms with Gasteiger partial charge in [-0.15, -0.1) is 0 Å². The van der Waals surface area contributed by atoms with Crippen molar-refractivity contribution in [3.8, 4) is 5.75 Å². The summed E-state index contributed by atoms with van der Waals surface area (Å²) in [6.45, 7) is 3.18. The number of hydrogen-bond donors (Lipinski definition) is 2. The molecule has 2 N–H and O–H groups in total. The van der Waals surface area contributed by atoms with E-state index in [-0.39, 0.29) is 0 Å². The zero-order chi connectivity index (χ0) is 12.8. The van der Waals surface area contributed by atoms with E-state index in [1.54, 1.807) is 12.1 Å². The van der Waals surface area contributed by atoms with Gasteiger partial charge in [0.2, 0.25) is 0 Å². The molecule has 1 unspecified atom stereocenters. The Hall–Kier alpha value is -1.96. The molecular formula is C16H19NO. The molecule has 0 fully saturated rings. The van der Waals surface area contributed by atoms with Gasteiger partial charge in [0, 0.05) is 12.2 Å². The summed E-state index contributed by atoms with van der Waals surface area (Å²) in [6, 6.07) is 17.7. The van der Waals surface area contributed by atoms with Crippen LogP contribution in [0.3, 0.4) is 0 Å². The molecule has 94 valence electrons. The van der Waals surface area contributed by atoms with E-state index in [4.69, 9.17) is 0 Å². The maximum atomic E-state index is 9.19. The van der Waals surface area contributed by atoms with Crippen LogP contribution < -0.4 is 5.32 Å². The number of aromatic hydroxyl groups is 1. The van der Waals surface area contributed by atoms with Crippen molar-refractivity contribution in [1.29, 1.82) is 0 Å². The lowest BCUT2D eigenvalue weighted by molar-refractivity contribution is 0.475. The van der Waals surface area contributed by atoms with Gasteiger partial charge >= 0.3 is 0 Å². The Balaban J connectivity index is 1.80. The number of rotatable bonds is 5. The summed E-state index contributed by atoms with van der Waals surface area (Å²) in [7, 11) is 0. The average Bonchev–Trinajstić information content (AvgIpc) is 2.42. The highest BCUT2D eigenvalue weighted by Gasteiger charge is 2.03. The molecule has 18 heavy (non-hydrogen) atoms. The Morgan fingerprint density at radius 2 is 1.67 bits per heavy atom. The van der Waals surface area contributed by atoms with E-state index in [1.165, 1.54) is 5.56 Å². The van der Waals surface area contributed by atoms with Crippen LogP contribution in [0.5, 0.6) is 5.75 Å². The van der Waals surface area contributed by atoms with Gasteiger partial charge in [-0.3, -0.25) is 0 Å². The third-order valence-corrected chi connectivity index (χ3v) is 3.14. The second-order valence-electron chi connectivity index (χ2n) is 4.57. The van der Waals surface area contributed by atoms with Crippen LogP contribution in [-0.2, 0) is 0 Å². The molecule has 0 heterocycles. The number of phenols is 1. The molecule has 2 aromatic rings. The van der Waals surface area contributed by atoms with Crippen molar-refractivity contribution in [2.24, 2.45) is 0 Å². The van der Waals surface area contributed by atoms with Gasteiger partial charge < -0.3 is 10.4 Å². The van der Waals surface area contributed by atoms with Gasteiger partial charge in [0.15, 0.2) is 0 Å². The zero-order valence-corrected chi connectivity index (χ0v) is 10.6. The molecule has 0 bridgehead atoms. The molecule has 0 aliphatic heterocycles. The minimum atomic E-state index is 0.304. The maximum Gasteiger partial charge on any atom is 0.115 e. The molecule has 2 aromatic carbocycles. The summed E-state index contributed by atoms with van der Waals surface area (Å²) in [5.41, 5.74) is 2.43. The van der Waals surface area contributed by atoms with E-state index < -0.39 is 0 Å². The van der Waals surface area contributed by atoms with E-state index in [0.717, 1.165) is 18.7 Å². The second kappa shape index (κ2) is 6.10. The van der Waals surface area contributed by atoms with Gasteiger partial charge in [0.05, 0.1) is 0 Å². The van der Waals surface area contributed by atoms with Crippen LogP contribution >= 0.6 is 0 Å². The highest BCUT2D eigenvalue weighted by molar-refractivity contribution is 5.45. The summed E-state index contributed by atoms with van der Waals surface area (Å²) in [5.74, 6) is 0.856. The second-order valence-corrected chi connectivity index (χ2v) is 4.57. The lowest BCUT2D eigenvalue weighted by Crippen LogP contribution is -2.05. The fraction of sp³-hybridized carbons (Fsp3) is 0.250. The van der Waals surface area contributed by atoms with Gasteiger partial charge in [-0.25, -0.2) is 0 Å². The topological polar surface area (TPSA) is 32.3 Å². The number of anilines is 1. The van der Waals surface area contributed by atoms with Gasteiger partial charge in [-0.2, -0.15) is 0 Å². The smallest absolute Gasteiger partial charge is 0.115 e. The highest BCUT2D eigenvalue weighted by Crippen LogP contribution is 2.19. The molecule has 0 aliphatic rings. The third-order valence-electron chi connectivity index (χ3n) is 3.14. The summed E-state index contributed by atoms with van der Waals surface area (Å²) < 4.78 is 0. The normalized spacial score (nSPS) is 12.1. The van der Waals surface area contributed by atoms with Crippen molar-refractivity contribution in [2.45, 2.75) is 19.3 Å². The summed E-state index contributed by atoms with van der Waals surface area (Å²) in [5, 5.41) is 12.6. The molecule has 2 heteroatoms. The molecule has 0 amide bonds. The van der Waals surface area contributed by atoms with Crippen LogP contribution in [0.15, 0.2) is 54.6 Å². The van der Waals surface area contributed by atoms with E-state index in [2.05, 4.69) is 36.5 Å². The van der Waals surface area contributed by atoms with Crippen molar-refractivity contribution in [2.75, 3.05) is 11.9 Å². The van der Waals surface area contributed by atoms with Crippen molar-refractivity contribution < 1.29 is 5.11 Å².